The van der Waals surface area contributed by atoms with Crippen LogP contribution in [0.15, 0.2) is 54.6 Å². The zero-order valence-corrected chi connectivity index (χ0v) is 16.3. The van der Waals surface area contributed by atoms with Gasteiger partial charge < -0.3 is 10.1 Å². The minimum absolute atomic E-state index is 0.106. The van der Waals surface area contributed by atoms with Crippen molar-refractivity contribution in [3.05, 3.63) is 71.3 Å². The summed E-state index contributed by atoms with van der Waals surface area (Å²) in [7, 11) is -3.62. The number of hydrogen-bond donors (Lipinski definition) is 1. The van der Waals surface area contributed by atoms with Crippen molar-refractivity contribution < 1.29 is 22.7 Å². The van der Waals surface area contributed by atoms with Crippen molar-refractivity contribution in [2.45, 2.75) is 25.6 Å². The van der Waals surface area contributed by atoms with Gasteiger partial charge in [-0.1, -0.05) is 54.6 Å². The monoisotopic (exact) mass is 402 g/mol. The first-order valence-electron chi connectivity index (χ1n) is 8.85. The molecule has 1 aliphatic rings. The van der Waals surface area contributed by atoms with Crippen molar-refractivity contribution in [3.8, 4) is 0 Å². The molecule has 0 saturated carbocycles. The van der Waals surface area contributed by atoms with Crippen molar-refractivity contribution in [1.29, 1.82) is 0 Å². The molecule has 1 N–H and O–H groups in total. The van der Waals surface area contributed by atoms with Gasteiger partial charge in [-0.05, 0) is 16.7 Å². The maximum Gasteiger partial charge on any atom is 0.325 e. The third-order valence-corrected chi connectivity index (χ3v) is 5.82. The Balaban J connectivity index is 1.61. The highest BCUT2D eigenvalue weighted by atomic mass is 32.2. The summed E-state index contributed by atoms with van der Waals surface area (Å²) in [6.07, 6.45) is 1.28. The topological polar surface area (TPSA) is 92.8 Å². The van der Waals surface area contributed by atoms with E-state index in [0.29, 0.717) is 6.54 Å². The number of nitrogens with zero attached hydrogens (tertiary/aromatic N) is 1. The van der Waals surface area contributed by atoms with E-state index in [-0.39, 0.29) is 13.0 Å². The summed E-state index contributed by atoms with van der Waals surface area (Å²) in [5.41, 5.74) is 2.68. The summed E-state index contributed by atoms with van der Waals surface area (Å²) >= 11 is 0. The van der Waals surface area contributed by atoms with Crippen LogP contribution in [0.3, 0.4) is 0 Å². The Kier molecular flexibility index (Phi) is 6.11. The molecule has 2 aromatic carbocycles. The molecular weight excluding hydrogens is 380 g/mol. The van der Waals surface area contributed by atoms with Gasteiger partial charge in [-0.15, -0.1) is 0 Å². The van der Waals surface area contributed by atoms with E-state index < -0.39 is 34.5 Å². The van der Waals surface area contributed by atoms with Crippen LogP contribution in [0.5, 0.6) is 0 Å². The minimum Gasteiger partial charge on any atom is -0.454 e. The van der Waals surface area contributed by atoms with Gasteiger partial charge >= 0.3 is 5.97 Å². The number of sulfonamides is 1. The van der Waals surface area contributed by atoms with E-state index >= 15 is 0 Å². The second kappa shape index (κ2) is 8.53. The maximum atomic E-state index is 12.5. The van der Waals surface area contributed by atoms with E-state index in [0.717, 1.165) is 27.3 Å². The Bertz CT molecular complexity index is 960. The fourth-order valence-corrected chi connectivity index (χ4v) is 4.13. The fourth-order valence-electron chi connectivity index (χ4n) is 3.13. The van der Waals surface area contributed by atoms with Crippen LogP contribution in [0, 0.1) is 0 Å². The molecule has 1 unspecified atom stereocenters. The first-order chi connectivity index (χ1) is 13.3. The predicted molar refractivity (Wildman–Crippen MR) is 104 cm³/mol. The standard InChI is InChI=1S/C20H22N2O5S/c1-28(25,26)22-13-17-10-6-5-9-16(17)11-18(22)20(24)27-14-19(23)21-12-15-7-3-2-4-8-15/h2-10,18H,11-14H2,1H3,(H,21,23). The molecular formula is C20H22N2O5S. The number of amides is 1. The van der Waals surface area contributed by atoms with Gasteiger partial charge in [-0.25, -0.2) is 8.42 Å². The molecule has 1 atom stereocenters. The van der Waals surface area contributed by atoms with Gasteiger partial charge in [0, 0.05) is 19.5 Å². The lowest BCUT2D eigenvalue weighted by Gasteiger charge is -2.33. The Morgan fingerprint density at radius 2 is 1.71 bits per heavy atom. The number of benzene rings is 2. The summed E-state index contributed by atoms with van der Waals surface area (Å²) in [5.74, 6) is -1.17. The van der Waals surface area contributed by atoms with Crippen LogP contribution >= 0.6 is 0 Å². The molecule has 8 heteroatoms. The number of carbonyl (C=O) groups is 2. The SMILES string of the molecule is CS(=O)(=O)N1Cc2ccccc2CC1C(=O)OCC(=O)NCc1ccccc1. The lowest BCUT2D eigenvalue weighted by molar-refractivity contribution is -0.152. The lowest BCUT2D eigenvalue weighted by Crippen LogP contribution is -2.49. The first-order valence-corrected chi connectivity index (χ1v) is 10.7. The molecule has 1 heterocycles. The smallest absolute Gasteiger partial charge is 0.325 e. The van der Waals surface area contributed by atoms with Crippen molar-refractivity contribution in [1.82, 2.24) is 9.62 Å². The Morgan fingerprint density at radius 1 is 1.07 bits per heavy atom. The summed E-state index contributed by atoms with van der Waals surface area (Å²) in [6, 6.07) is 15.7. The Labute approximate surface area is 164 Å². The summed E-state index contributed by atoms with van der Waals surface area (Å²) in [6.45, 7) is -0.0279. The molecule has 0 radical (unpaired) electrons. The number of carbonyl (C=O) groups excluding carboxylic acids is 2. The van der Waals surface area contributed by atoms with Crippen LogP contribution in [-0.4, -0.2) is 43.5 Å². The largest absolute Gasteiger partial charge is 0.454 e. The van der Waals surface area contributed by atoms with E-state index in [1.54, 1.807) is 0 Å². The molecule has 0 aromatic heterocycles. The van der Waals surface area contributed by atoms with Gasteiger partial charge in [0.1, 0.15) is 6.04 Å². The van der Waals surface area contributed by atoms with E-state index in [9.17, 15) is 18.0 Å². The number of nitrogens with one attached hydrogen (secondary N) is 1. The molecule has 0 aliphatic carbocycles. The third kappa shape index (κ3) is 4.96. The van der Waals surface area contributed by atoms with E-state index in [1.165, 1.54) is 0 Å². The average molecular weight is 402 g/mol. The van der Waals surface area contributed by atoms with Crippen LogP contribution in [0.2, 0.25) is 0 Å². The van der Waals surface area contributed by atoms with Crippen LogP contribution < -0.4 is 5.32 Å². The second-order valence-electron chi connectivity index (χ2n) is 6.67. The molecule has 148 valence electrons. The quantitative estimate of drug-likeness (QED) is 0.734. The molecule has 1 aliphatic heterocycles. The highest BCUT2D eigenvalue weighted by Crippen LogP contribution is 2.26. The van der Waals surface area contributed by atoms with Gasteiger partial charge in [0.25, 0.3) is 5.91 Å². The zero-order chi connectivity index (χ0) is 20.1. The number of rotatable bonds is 6. The van der Waals surface area contributed by atoms with Crippen LogP contribution in [0.25, 0.3) is 0 Å². The predicted octanol–water partition coefficient (Wildman–Crippen LogP) is 1.23. The fraction of sp³-hybridized carbons (Fsp3) is 0.300. The van der Waals surface area contributed by atoms with Crippen molar-refractivity contribution >= 4 is 21.9 Å². The molecule has 0 saturated heterocycles. The van der Waals surface area contributed by atoms with E-state index in [4.69, 9.17) is 4.74 Å². The van der Waals surface area contributed by atoms with Gasteiger partial charge in [-0.2, -0.15) is 4.31 Å². The normalized spacial score (nSPS) is 16.8. The van der Waals surface area contributed by atoms with E-state index in [2.05, 4.69) is 5.32 Å². The molecule has 0 fully saturated rings. The average Bonchev–Trinajstić information content (AvgIpc) is 2.69. The van der Waals surface area contributed by atoms with Gasteiger partial charge in [0.15, 0.2) is 6.61 Å². The molecule has 0 bridgehead atoms. The van der Waals surface area contributed by atoms with Gasteiger partial charge in [0.2, 0.25) is 10.0 Å². The first kappa shape index (κ1) is 20.0. The lowest BCUT2D eigenvalue weighted by atomic mass is 9.96. The summed E-state index contributed by atoms with van der Waals surface area (Å²) < 4.78 is 30.5. The van der Waals surface area contributed by atoms with Crippen LogP contribution in [-0.2, 0) is 43.9 Å². The van der Waals surface area contributed by atoms with Crippen molar-refractivity contribution in [3.63, 3.8) is 0 Å². The number of fused-ring (bicyclic) bond motifs is 1. The van der Waals surface area contributed by atoms with Crippen molar-refractivity contribution in [2.75, 3.05) is 12.9 Å². The number of esters is 1. The molecule has 7 nitrogen and oxygen atoms in total. The van der Waals surface area contributed by atoms with Crippen molar-refractivity contribution in [2.24, 2.45) is 0 Å². The number of hydrogen-bond acceptors (Lipinski definition) is 5. The Morgan fingerprint density at radius 3 is 2.39 bits per heavy atom. The van der Waals surface area contributed by atoms with Crippen LogP contribution in [0.1, 0.15) is 16.7 Å². The third-order valence-electron chi connectivity index (χ3n) is 4.58. The van der Waals surface area contributed by atoms with E-state index in [1.807, 2.05) is 54.6 Å². The highest BCUT2D eigenvalue weighted by Gasteiger charge is 2.37. The molecule has 2 aromatic rings. The number of ether oxygens (including phenoxy) is 1. The molecule has 28 heavy (non-hydrogen) atoms. The summed E-state index contributed by atoms with van der Waals surface area (Å²) in [4.78, 5) is 24.5. The molecule has 3 rings (SSSR count). The zero-order valence-electron chi connectivity index (χ0n) is 15.5. The summed E-state index contributed by atoms with van der Waals surface area (Å²) in [5, 5.41) is 2.67. The minimum atomic E-state index is -3.62. The second-order valence-corrected chi connectivity index (χ2v) is 8.60. The highest BCUT2D eigenvalue weighted by molar-refractivity contribution is 7.88. The maximum absolute atomic E-state index is 12.5. The molecule has 1 amide bonds. The van der Waals surface area contributed by atoms with Gasteiger partial charge in [-0.3, -0.25) is 9.59 Å². The Hall–Kier alpha value is -2.71. The van der Waals surface area contributed by atoms with Crippen LogP contribution in [0.4, 0.5) is 0 Å². The van der Waals surface area contributed by atoms with Gasteiger partial charge in [0.05, 0.1) is 6.26 Å². The molecule has 0 spiro atoms.